The second-order valence-electron chi connectivity index (χ2n) is 9.08. The first kappa shape index (κ1) is 22.5. The minimum atomic E-state index is -0.260. The first-order valence-corrected chi connectivity index (χ1v) is 12.3. The lowest BCUT2D eigenvalue weighted by molar-refractivity contribution is -0.120. The number of rotatable bonds is 5. The minimum Gasteiger partial charge on any atom is -0.505 e. The van der Waals surface area contributed by atoms with E-state index in [0.29, 0.717) is 11.6 Å². The van der Waals surface area contributed by atoms with Gasteiger partial charge in [0.15, 0.2) is 11.6 Å². The number of anilines is 4. The number of benzene rings is 1. The fourth-order valence-electron chi connectivity index (χ4n) is 5.21. The van der Waals surface area contributed by atoms with Crippen LogP contribution in [0, 0.1) is 0 Å². The highest BCUT2D eigenvalue weighted by Crippen LogP contribution is 2.40. The van der Waals surface area contributed by atoms with E-state index in [0.717, 1.165) is 56.8 Å². The summed E-state index contributed by atoms with van der Waals surface area (Å²) >= 11 is 12.1. The molecule has 1 atom stereocenters. The topological polar surface area (TPSA) is 84.8 Å². The number of likely N-dealkylation sites (tertiary alicyclic amines) is 1. The van der Waals surface area contributed by atoms with Gasteiger partial charge in [0.2, 0.25) is 5.95 Å². The molecule has 0 bridgehead atoms. The fourth-order valence-corrected chi connectivity index (χ4v) is 5.70. The maximum atomic E-state index is 13.5. The van der Waals surface area contributed by atoms with Crippen LogP contribution in [0.3, 0.4) is 0 Å². The molecule has 0 spiro atoms. The number of aromatic hydroxyl groups is 1. The predicted octanol–water partition coefficient (Wildman–Crippen LogP) is 4.42. The average molecular weight is 491 g/mol. The van der Waals surface area contributed by atoms with Crippen molar-refractivity contribution in [3.63, 3.8) is 0 Å². The van der Waals surface area contributed by atoms with Crippen molar-refractivity contribution in [1.29, 1.82) is 0 Å². The number of carbonyl (C=O) groups is 1. The molecule has 33 heavy (non-hydrogen) atoms. The molecule has 5 rings (SSSR count). The van der Waals surface area contributed by atoms with E-state index in [1.165, 1.54) is 12.8 Å². The second kappa shape index (κ2) is 9.16. The SMILES string of the molecule is CN1C(=O)C(CN2CCCC2)N(C2CCCC2)c2nc(Nc3cc(Cl)c(O)c(Cl)c3)ncc21. The Balaban J connectivity index is 1.51. The van der Waals surface area contributed by atoms with Crippen molar-refractivity contribution >= 4 is 52.3 Å². The highest BCUT2D eigenvalue weighted by Gasteiger charge is 2.43. The van der Waals surface area contributed by atoms with E-state index in [1.54, 1.807) is 30.3 Å². The molecule has 1 aromatic heterocycles. The van der Waals surface area contributed by atoms with Gasteiger partial charge in [0, 0.05) is 25.3 Å². The Hall–Kier alpha value is -2.29. The minimum absolute atomic E-state index is 0.0997. The van der Waals surface area contributed by atoms with Gasteiger partial charge < -0.3 is 25.1 Å². The van der Waals surface area contributed by atoms with Gasteiger partial charge in [-0.3, -0.25) is 4.79 Å². The van der Waals surface area contributed by atoms with Gasteiger partial charge in [0.25, 0.3) is 5.91 Å². The van der Waals surface area contributed by atoms with Gasteiger partial charge in [-0.15, -0.1) is 0 Å². The molecule has 2 N–H and O–H groups in total. The Morgan fingerprint density at radius 1 is 1.12 bits per heavy atom. The van der Waals surface area contributed by atoms with Crippen LogP contribution in [0.2, 0.25) is 10.0 Å². The fraction of sp³-hybridized carbons (Fsp3) is 0.522. The van der Waals surface area contributed by atoms with Gasteiger partial charge >= 0.3 is 0 Å². The van der Waals surface area contributed by atoms with E-state index in [4.69, 9.17) is 28.2 Å². The summed E-state index contributed by atoms with van der Waals surface area (Å²) in [6.07, 6.45) is 8.51. The third kappa shape index (κ3) is 4.32. The van der Waals surface area contributed by atoms with Crippen molar-refractivity contribution in [3.05, 3.63) is 28.4 Å². The molecule has 0 radical (unpaired) electrons. The number of fused-ring (bicyclic) bond motifs is 1. The predicted molar refractivity (Wildman–Crippen MR) is 131 cm³/mol. The number of nitrogens with one attached hydrogen (secondary N) is 1. The standard InChI is InChI=1S/C23H28Cl2N6O2/c1-29-18-12-26-23(27-14-10-16(24)20(32)17(25)11-14)28-21(18)31(15-6-2-3-7-15)19(22(29)33)13-30-8-4-5-9-30/h10-12,15,19,32H,2-9,13H2,1H3,(H,26,27,28). The molecule has 1 aliphatic carbocycles. The van der Waals surface area contributed by atoms with E-state index in [-0.39, 0.29) is 33.8 Å². The van der Waals surface area contributed by atoms with Crippen molar-refractivity contribution in [3.8, 4) is 5.75 Å². The molecular formula is C23H28Cl2N6O2. The smallest absolute Gasteiger partial charge is 0.250 e. The summed E-state index contributed by atoms with van der Waals surface area (Å²) in [5.74, 6) is 1.11. The molecule has 1 aromatic carbocycles. The molecule has 8 nitrogen and oxygen atoms in total. The van der Waals surface area contributed by atoms with Crippen LogP contribution >= 0.6 is 23.2 Å². The number of phenolic OH excluding ortho intramolecular Hbond substituents is 1. The van der Waals surface area contributed by atoms with E-state index >= 15 is 0 Å². The van der Waals surface area contributed by atoms with Crippen LogP contribution in [0.25, 0.3) is 0 Å². The van der Waals surface area contributed by atoms with Gasteiger partial charge in [-0.25, -0.2) is 4.98 Å². The van der Waals surface area contributed by atoms with Crippen LogP contribution in [-0.4, -0.2) is 64.6 Å². The molecule has 2 aromatic rings. The summed E-state index contributed by atoms with van der Waals surface area (Å²) in [6, 6.07) is 3.18. The van der Waals surface area contributed by atoms with E-state index in [2.05, 4.69) is 20.1 Å². The number of hydrogen-bond acceptors (Lipinski definition) is 7. The first-order chi connectivity index (χ1) is 15.9. The van der Waals surface area contributed by atoms with Gasteiger partial charge in [-0.2, -0.15) is 4.98 Å². The van der Waals surface area contributed by atoms with Crippen LogP contribution in [0.1, 0.15) is 38.5 Å². The maximum absolute atomic E-state index is 13.5. The van der Waals surface area contributed by atoms with Crippen LogP contribution in [0.5, 0.6) is 5.75 Å². The van der Waals surface area contributed by atoms with Crippen LogP contribution in [0.15, 0.2) is 18.3 Å². The van der Waals surface area contributed by atoms with E-state index in [9.17, 15) is 9.90 Å². The lowest BCUT2D eigenvalue weighted by atomic mass is 10.0. The quantitative estimate of drug-likeness (QED) is 0.599. The lowest BCUT2D eigenvalue weighted by Crippen LogP contribution is -2.59. The van der Waals surface area contributed by atoms with Crippen molar-refractivity contribution in [1.82, 2.24) is 14.9 Å². The van der Waals surface area contributed by atoms with Crippen molar-refractivity contribution in [2.75, 3.05) is 41.8 Å². The number of phenols is 1. The van der Waals surface area contributed by atoms with Gasteiger partial charge in [0.1, 0.15) is 11.7 Å². The molecule has 10 heteroatoms. The highest BCUT2D eigenvalue weighted by molar-refractivity contribution is 6.37. The molecule has 1 unspecified atom stereocenters. The van der Waals surface area contributed by atoms with Crippen molar-refractivity contribution in [2.24, 2.45) is 0 Å². The Kier molecular flexibility index (Phi) is 6.24. The van der Waals surface area contributed by atoms with Crippen LogP contribution in [-0.2, 0) is 4.79 Å². The third-order valence-corrected chi connectivity index (χ3v) is 7.50. The second-order valence-corrected chi connectivity index (χ2v) is 9.90. The van der Waals surface area contributed by atoms with E-state index < -0.39 is 0 Å². The number of aromatic nitrogens is 2. The summed E-state index contributed by atoms with van der Waals surface area (Å²) in [5, 5.41) is 13.3. The summed E-state index contributed by atoms with van der Waals surface area (Å²) < 4.78 is 0. The number of likely N-dealkylation sites (N-methyl/N-ethyl adjacent to an activating group) is 1. The average Bonchev–Trinajstić information content (AvgIpc) is 3.50. The molecule has 1 saturated heterocycles. The van der Waals surface area contributed by atoms with Gasteiger partial charge in [0.05, 0.1) is 16.2 Å². The largest absolute Gasteiger partial charge is 0.505 e. The summed E-state index contributed by atoms with van der Waals surface area (Å²) in [6.45, 7) is 2.80. The zero-order chi connectivity index (χ0) is 23.1. The zero-order valence-corrected chi connectivity index (χ0v) is 20.1. The maximum Gasteiger partial charge on any atom is 0.250 e. The summed E-state index contributed by atoms with van der Waals surface area (Å²) in [4.78, 5) is 29.1. The Bertz CT molecular complexity index is 1030. The molecule has 1 saturated carbocycles. The third-order valence-electron chi connectivity index (χ3n) is 6.93. The van der Waals surface area contributed by atoms with Crippen LogP contribution in [0.4, 0.5) is 23.1 Å². The molecule has 2 aliphatic heterocycles. The highest BCUT2D eigenvalue weighted by atomic mass is 35.5. The zero-order valence-electron chi connectivity index (χ0n) is 18.6. The molecule has 3 heterocycles. The van der Waals surface area contributed by atoms with Crippen molar-refractivity contribution < 1.29 is 9.90 Å². The first-order valence-electron chi connectivity index (χ1n) is 11.5. The number of hydrogen-bond donors (Lipinski definition) is 2. The number of amides is 1. The molecular weight excluding hydrogens is 463 g/mol. The summed E-state index contributed by atoms with van der Waals surface area (Å²) in [5.41, 5.74) is 1.29. The van der Waals surface area contributed by atoms with Gasteiger partial charge in [-0.05, 0) is 50.9 Å². The van der Waals surface area contributed by atoms with Gasteiger partial charge in [-0.1, -0.05) is 36.0 Å². The lowest BCUT2D eigenvalue weighted by Gasteiger charge is -2.44. The number of nitrogens with zero attached hydrogens (tertiary/aromatic N) is 5. The molecule has 2 fully saturated rings. The van der Waals surface area contributed by atoms with Crippen LogP contribution < -0.4 is 15.1 Å². The normalized spacial score (nSPS) is 21.7. The molecule has 1 amide bonds. The number of halogens is 2. The molecule has 176 valence electrons. The Labute approximate surface area is 203 Å². The Morgan fingerprint density at radius 3 is 2.45 bits per heavy atom. The summed E-state index contributed by atoms with van der Waals surface area (Å²) in [7, 11) is 1.81. The Morgan fingerprint density at radius 2 is 1.79 bits per heavy atom. The van der Waals surface area contributed by atoms with E-state index in [1.807, 2.05) is 0 Å². The van der Waals surface area contributed by atoms with Crippen molar-refractivity contribution in [2.45, 2.75) is 50.6 Å². The monoisotopic (exact) mass is 490 g/mol. The molecule has 3 aliphatic rings. The number of carbonyl (C=O) groups excluding carboxylic acids is 1.